The highest BCUT2D eigenvalue weighted by Gasteiger charge is 2.26. The van der Waals surface area contributed by atoms with Crippen molar-refractivity contribution in [3.05, 3.63) is 65.7 Å². The summed E-state index contributed by atoms with van der Waals surface area (Å²) in [6, 6.07) is 12.2. The lowest BCUT2D eigenvalue weighted by Gasteiger charge is -2.28. The van der Waals surface area contributed by atoms with Crippen LogP contribution in [0.5, 0.6) is 5.75 Å². The topological polar surface area (TPSA) is 35.2 Å². The third-order valence-electron chi connectivity index (χ3n) is 3.35. The summed E-state index contributed by atoms with van der Waals surface area (Å²) in [5.74, 6) is -1.20. The zero-order valence-electron chi connectivity index (χ0n) is 12.1. The van der Waals surface area contributed by atoms with Gasteiger partial charge in [-0.3, -0.25) is 0 Å². The molecule has 0 fully saturated rings. The lowest BCUT2D eigenvalue weighted by molar-refractivity contribution is 0.117. The lowest BCUT2D eigenvalue weighted by atomic mass is 9.94. The van der Waals surface area contributed by atoms with Crippen LogP contribution in [-0.4, -0.2) is 6.10 Å². The maximum absolute atomic E-state index is 13.7. The van der Waals surface area contributed by atoms with Gasteiger partial charge in [0.15, 0.2) is 11.6 Å². The van der Waals surface area contributed by atoms with Gasteiger partial charge in [0, 0.05) is 6.07 Å². The first kappa shape index (κ1) is 15.4. The van der Waals surface area contributed by atoms with Crippen molar-refractivity contribution in [3.8, 4) is 5.75 Å². The molecule has 0 saturated heterocycles. The Morgan fingerprint density at radius 3 is 2.29 bits per heavy atom. The van der Waals surface area contributed by atoms with E-state index in [1.165, 1.54) is 0 Å². The summed E-state index contributed by atoms with van der Waals surface area (Å²) < 4.78 is 32.6. The van der Waals surface area contributed by atoms with Crippen molar-refractivity contribution in [2.24, 2.45) is 11.7 Å². The van der Waals surface area contributed by atoms with Crippen molar-refractivity contribution in [2.45, 2.75) is 26.0 Å². The van der Waals surface area contributed by atoms with Gasteiger partial charge in [-0.15, -0.1) is 0 Å². The molecule has 0 radical (unpaired) electrons. The average Bonchev–Trinajstić information content (AvgIpc) is 2.48. The standard InChI is InChI=1S/C17H19F2NO/c1-11(2)17(16(20)12-6-4-3-5-7-12)21-15-10-13(18)8-9-14(15)19/h3-11,16-17H,20H2,1-2H3. The summed E-state index contributed by atoms with van der Waals surface area (Å²) in [6.45, 7) is 3.87. The molecule has 2 atom stereocenters. The second-order valence-electron chi connectivity index (χ2n) is 5.34. The fraction of sp³-hybridized carbons (Fsp3) is 0.294. The van der Waals surface area contributed by atoms with Crippen LogP contribution in [-0.2, 0) is 0 Å². The summed E-state index contributed by atoms with van der Waals surface area (Å²) in [4.78, 5) is 0. The largest absolute Gasteiger partial charge is 0.485 e. The van der Waals surface area contributed by atoms with Crippen molar-refractivity contribution < 1.29 is 13.5 Å². The summed E-state index contributed by atoms with van der Waals surface area (Å²) in [7, 11) is 0. The van der Waals surface area contributed by atoms with Gasteiger partial charge >= 0.3 is 0 Å². The molecule has 21 heavy (non-hydrogen) atoms. The third kappa shape index (κ3) is 3.79. The molecule has 2 N–H and O–H groups in total. The van der Waals surface area contributed by atoms with Crippen LogP contribution in [0.3, 0.4) is 0 Å². The Kier molecular flexibility index (Phi) is 4.91. The molecule has 2 nitrogen and oxygen atoms in total. The quantitative estimate of drug-likeness (QED) is 0.901. The van der Waals surface area contributed by atoms with E-state index in [4.69, 9.17) is 10.5 Å². The van der Waals surface area contributed by atoms with Crippen molar-refractivity contribution in [1.82, 2.24) is 0 Å². The van der Waals surface area contributed by atoms with E-state index in [1.54, 1.807) is 0 Å². The lowest BCUT2D eigenvalue weighted by Crippen LogP contribution is -2.36. The zero-order chi connectivity index (χ0) is 15.4. The Morgan fingerprint density at radius 2 is 1.67 bits per heavy atom. The van der Waals surface area contributed by atoms with Gasteiger partial charge in [-0.05, 0) is 23.6 Å². The fourth-order valence-electron chi connectivity index (χ4n) is 2.20. The molecule has 2 aromatic rings. The molecular formula is C17H19F2NO. The van der Waals surface area contributed by atoms with Crippen LogP contribution in [0.1, 0.15) is 25.5 Å². The molecule has 0 spiro atoms. The molecule has 2 aromatic carbocycles. The average molecular weight is 291 g/mol. The van der Waals surface area contributed by atoms with Crippen molar-refractivity contribution in [2.75, 3.05) is 0 Å². The highest BCUT2D eigenvalue weighted by molar-refractivity contribution is 5.26. The van der Waals surface area contributed by atoms with Crippen LogP contribution < -0.4 is 10.5 Å². The van der Waals surface area contributed by atoms with E-state index in [0.29, 0.717) is 0 Å². The van der Waals surface area contributed by atoms with E-state index in [-0.39, 0.29) is 11.7 Å². The Balaban J connectivity index is 2.25. The number of nitrogens with two attached hydrogens (primary N) is 1. The number of hydrogen-bond acceptors (Lipinski definition) is 2. The Morgan fingerprint density at radius 1 is 1.00 bits per heavy atom. The van der Waals surface area contributed by atoms with E-state index in [1.807, 2.05) is 44.2 Å². The van der Waals surface area contributed by atoms with Gasteiger partial charge in [-0.1, -0.05) is 44.2 Å². The second kappa shape index (κ2) is 6.68. The highest BCUT2D eigenvalue weighted by atomic mass is 19.1. The first-order chi connectivity index (χ1) is 9.99. The molecule has 2 unspecified atom stereocenters. The van der Waals surface area contributed by atoms with Crippen LogP contribution in [0.25, 0.3) is 0 Å². The molecule has 0 heterocycles. The van der Waals surface area contributed by atoms with Gasteiger partial charge in [0.1, 0.15) is 11.9 Å². The van der Waals surface area contributed by atoms with Gasteiger partial charge in [-0.25, -0.2) is 8.78 Å². The summed E-state index contributed by atoms with van der Waals surface area (Å²) in [6.07, 6.45) is -0.455. The van der Waals surface area contributed by atoms with Crippen LogP contribution >= 0.6 is 0 Å². The normalized spacial score (nSPS) is 14.0. The molecule has 0 aliphatic carbocycles. The maximum Gasteiger partial charge on any atom is 0.165 e. The molecule has 4 heteroatoms. The monoisotopic (exact) mass is 291 g/mol. The zero-order valence-corrected chi connectivity index (χ0v) is 12.1. The highest BCUT2D eigenvalue weighted by Crippen LogP contribution is 2.27. The van der Waals surface area contributed by atoms with Crippen LogP contribution in [0.4, 0.5) is 8.78 Å². The van der Waals surface area contributed by atoms with Crippen LogP contribution in [0, 0.1) is 17.6 Å². The maximum atomic E-state index is 13.7. The number of halogens is 2. The van der Waals surface area contributed by atoms with Gasteiger partial charge in [0.25, 0.3) is 0 Å². The Hall–Kier alpha value is -1.94. The van der Waals surface area contributed by atoms with E-state index < -0.39 is 23.8 Å². The third-order valence-corrected chi connectivity index (χ3v) is 3.35. The van der Waals surface area contributed by atoms with E-state index in [2.05, 4.69) is 0 Å². The van der Waals surface area contributed by atoms with E-state index >= 15 is 0 Å². The van der Waals surface area contributed by atoms with Gasteiger partial charge in [0.05, 0.1) is 6.04 Å². The Labute approximate surface area is 123 Å². The molecule has 2 rings (SSSR count). The van der Waals surface area contributed by atoms with E-state index in [9.17, 15) is 8.78 Å². The van der Waals surface area contributed by atoms with Crippen LogP contribution in [0.2, 0.25) is 0 Å². The van der Waals surface area contributed by atoms with E-state index in [0.717, 1.165) is 23.8 Å². The molecule has 0 saturated carbocycles. The summed E-state index contributed by atoms with van der Waals surface area (Å²) >= 11 is 0. The number of ether oxygens (including phenoxy) is 1. The number of hydrogen-bond donors (Lipinski definition) is 1. The minimum atomic E-state index is -0.595. The minimum Gasteiger partial charge on any atom is -0.485 e. The smallest absolute Gasteiger partial charge is 0.165 e. The molecule has 0 aliphatic rings. The van der Waals surface area contributed by atoms with Crippen molar-refractivity contribution >= 4 is 0 Å². The summed E-state index contributed by atoms with van der Waals surface area (Å²) in [5, 5.41) is 0. The molecule has 0 aliphatic heterocycles. The summed E-state index contributed by atoms with van der Waals surface area (Å²) in [5.41, 5.74) is 7.13. The van der Waals surface area contributed by atoms with Gasteiger partial charge in [0.2, 0.25) is 0 Å². The number of benzene rings is 2. The van der Waals surface area contributed by atoms with Crippen molar-refractivity contribution in [1.29, 1.82) is 0 Å². The fourth-order valence-corrected chi connectivity index (χ4v) is 2.20. The SMILES string of the molecule is CC(C)C(Oc1cc(F)ccc1F)C(N)c1ccccc1. The molecular weight excluding hydrogens is 272 g/mol. The van der Waals surface area contributed by atoms with Gasteiger partial charge in [-0.2, -0.15) is 0 Å². The minimum absolute atomic E-state index is 0.0443. The molecule has 0 bridgehead atoms. The molecule has 112 valence electrons. The van der Waals surface area contributed by atoms with Gasteiger partial charge < -0.3 is 10.5 Å². The second-order valence-corrected chi connectivity index (χ2v) is 5.34. The van der Waals surface area contributed by atoms with Crippen molar-refractivity contribution in [3.63, 3.8) is 0 Å². The molecule has 0 aromatic heterocycles. The first-order valence-corrected chi connectivity index (χ1v) is 6.91. The predicted molar refractivity (Wildman–Crippen MR) is 79.0 cm³/mol. The first-order valence-electron chi connectivity index (χ1n) is 6.91. The molecule has 0 amide bonds. The number of rotatable bonds is 5. The predicted octanol–water partition coefficient (Wildman–Crippen LogP) is 4.07. The van der Waals surface area contributed by atoms with Crippen LogP contribution in [0.15, 0.2) is 48.5 Å². The Bertz CT molecular complexity index is 587.